The van der Waals surface area contributed by atoms with Crippen molar-refractivity contribution >= 4 is 58.0 Å². The molecule has 6 N–H and O–H groups in total. The van der Waals surface area contributed by atoms with Crippen LogP contribution in [-0.4, -0.2) is 89.0 Å². The summed E-state index contributed by atoms with van der Waals surface area (Å²) in [6, 6.07) is 8.44. The van der Waals surface area contributed by atoms with E-state index in [0.29, 0.717) is 42.6 Å². The van der Waals surface area contributed by atoms with Crippen molar-refractivity contribution < 1.29 is 43.0 Å². The first-order valence-corrected chi connectivity index (χ1v) is 19.2. The fourth-order valence-corrected chi connectivity index (χ4v) is 7.22. The van der Waals surface area contributed by atoms with Gasteiger partial charge < -0.3 is 45.9 Å². The maximum Gasteiger partial charge on any atom is 0.410 e. The van der Waals surface area contributed by atoms with Gasteiger partial charge in [0.1, 0.15) is 29.2 Å². The van der Waals surface area contributed by atoms with Crippen LogP contribution in [0.2, 0.25) is 0 Å². The summed E-state index contributed by atoms with van der Waals surface area (Å²) in [6.45, 7) is 7.03. The van der Waals surface area contributed by atoms with Crippen LogP contribution in [-0.2, 0) is 32.3 Å². The molecule has 1 aliphatic heterocycles. The van der Waals surface area contributed by atoms with Gasteiger partial charge in [0.2, 0.25) is 17.2 Å². The second kappa shape index (κ2) is 18.3. The summed E-state index contributed by atoms with van der Waals surface area (Å²) < 4.78 is 22.4. The number of carbonyl (C=O) groups excluding carboxylic acids is 5. The third kappa shape index (κ3) is 9.88. The Morgan fingerprint density at radius 2 is 1.70 bits per heavy atom. The first kappa shape index (κ1) is 42.1. The highest BCUT2D eigenvalue weighted by Crippen LogP contribution is 2.44. The van der Waals surface area contributed by atoms with E-state index in [1.165, 1.54) is 17.2 Å². The molecule has 1 atom stereocenters. The van der Waals surface area contributed by atoms with Crippen molar-refractivity contribution in [2.75, 3.05) is 42.9 Å². The number of carboxylic acids is 1. The molecule has 1 aromatic heterocycles. The number of primary amides is 1. The van der Waals surface area contributed by atoms with Crippen LogP contribution in [0, 0.1) is 17.2 Å². The number of anilines is 2. The number of halogens is 1. The van der Waals surface area contributed by atoms with E-state index in [1.807, 2.05) is 13.8 Å². The number of hydrogen-bond donors (Lipinski definition) is 5. The van der Waals surface area contributed by atoms with Crippen LogP contribution in [0.15, 0.2) is 47.4 Å². The Labute approximate surface area is 328 Å². The molecule has 1 saturated carbocycles. The molecule has 0 bridgehead atoms. The summed E-state index contributed by atoms with van der Waals surface area (Å²) in [5, 5.41) is 17.6. The summed E-state index contributed by atoms with van der Waals surface area (Å²) >= 11 is 0. The molecule has 2 heterocycles. The van der Waals surface area contributed by atoms with E-state index >= 15 is 4.39 Å². The van der Waals surface area contributed by atoms with E-state index in [9.17, 15) is 38.7 Å². The molecule has 0 unspecified atom stereocenters. The molecule has 2 aromatic carbocycles. The molecular formula is C40H50FN7O9. The van der Waals surface area contributed by atoms with Crippen molar-refractivity contribution in [2.45, 2.75) is 78.5 Å². The molecule has 1 saturated heterocycles. The van der Waals surface area contributed by atoms with E-state index in [-0.39, 0.29) is 81.0 Å². The maximum atomic E-state index is 15.3. The van der Waals surface area contributed by atoms with Crippen LogP contribution < -0.4 is 32.0 Å². The van der Waals surface area contributed by atoms with Gasteiger partial charge in [-0.25, -0.2) is 18.8 Å². The number of piperazine rings is 1. The van der Waals surface area contributed by atoms with Crippen LogP contribution in [0.4, 0.5) is 25.4 Å². The standard InChI is InChI=1S/C40H50FN7O9/c1-4-46-22-29(36(52)53)34(50)28-20-30(41)32(21-31(28)46)47-15-17-48(18-16-47)39(56)57-23-25-8-10-27(11-9-25)45-35(51)26(7-5-14-43-38(42)55)19-33(49)40(12-6-13-40)37(54)44-24(2)3/h8-11,20-22,24,26H,4-7,12-19,23H2,1-3H3,(H,44,54)(H,45,51)(H,52,53)(H3,42,43,55)/t26-/m1/s1. The summed E-state index contributed by atoms with van der Waals surface area (Å²) in [4.78, 5) is 91.7. The zero-order chi connectivity index (χ0) is 41.4. The van der Waals surface area contributed by atoms with Crippen LogP contribution in [0.5, 0.6) is 0 Å². The number of benzene rings is 2. The molecule has 57 heavy (non-hydrogen) atoms. The molecule has 2 aliphatic rings. The fraction of sp³-hybridized carbons (Fsp3) is 0.475. The second-order valence-electron chi connectivity index (χ2n) is 14.8. The van der Waals surface area contributed by atoms with Gasteiger partial charge in [0, 0.05) is 74.9 Å². The number of rotatable bonds is 16. The number of nitrogens with zero attached hydrogens (tertiary/aromatic N) is 3. The highest BCUT2D eigenvalue weighted by atomic mass is 19.1. The number of hydrogen-bond acceptors (Lipinski definition) is 9. The molecule has 0 radical (unpaired) electrons. The number of aromatic nitrogens is 1. The Kier molecular flexibility index (Phi) is 13.5. The number of pyridine rings is 1. The normalized spacial score (nSPS) is 15.4. The Bertz CT molecular complexity index is 2070. The molecule has 17 heteroatoms. The Hall–Kier alpha value is -6.00. The second-order valence-corrected chi connectivity index (χ2v) is 14.8. The Morgan fingerprint density at radius 3 is 2.28 bits per heavy atom. The molecule has 16 nitrogen and oxygen atoms in total. The fourth-order valence-electron chi connectivity index (χ4n) is 7.22. The zero-order valence-electron chi connectivity index (χ0n) is 32.4. The lowest BCUT2D eigenvalue weighted by atomic mass is 9.63. The SMILES string of the molecule is CCn1cc(C(=O)O)c(=O)c2cc(F)c(N3CCN(C(=O)OCc4ccc(NC(=O)[C@H](CCCNC(N)=O)CC(=O)C5(C(=O)NC(C)C)CCC5)cc4)CC3)cc21. The molecule has 3 aromatic rings. The third-order valence-corrected chi connectivity index (χ3v) is 10.6. The number of urea groups is 1. The monoisotopic (exact) mass is 791 g/mol. The van der Waals surface area contributed by atoms with Gasteiger partial charge in [0.05, 0.1) is 11.2 Å². The number of carboxylic acid groups (broad SMARTS) is 1. The van der Waals surface area contributed by atoms with E-state index in [1.54, 1.807) is 40.7 Å². The first-order chi connectivity index (χ1) is 27.1. The largest absolute Gasteiger partial charge is 0.477 e. The molecule has 0 spiro atoms. The van der Waals surface area contributed by atoms with Crippen LogP contribution in [0.3, 0.4) is 0 Å². The van der Waals surface area contributed by atoms with Crippen molar-refractivity contribution in [1.82, 2.24) is 20.1 Å². The molecular weight excluding hydrogens is 741 g/mol. The van der Waals surface area contributed by atoms with E-state index in [2.05, 4.69) is 16.0 Å². The topological polar surface area (TPSA) is 222 Å². The number of fused-ring (bicyclic) bond motifs is 1. The zero-order valence-corrected chi connectivity index (χ0v) is 32.4. The van der Waals surface area contributed by atoms with Gasteiger partial charge in [-0.15, -0.1) is 0 Å². The number of carbonyl (C=O) groups is 6. The predicted octanol–water partition coefficient (Wildman–Crippen LogP) is 3.97. The highest BCUT2D eigenvalue weighted by Gasteiger charge is 2.50. The number of nitrogens with one attached hydrogen (secondary N) is 3. The van der Waals surface area contributed by atoms with Gasteiger partial charge >= 0.3 is 18.1 Å². The number of nitrogens with two attached hydrogens (primary N) is 1. The highest BCUT2D eigenvalue weighted by molar-refractivity contribution is 6.08. The number of ether oxygens (including phenoxy) is 1. The Balaban J connectivity index is 1.15. The van der Waals surface area contributed by atoms with Crippen LogP contribution in [0.25, 0.3) is 10.9 Å². The number of Topliss-reactive ketones (excluding diaryl/α,β-unsaturated/α-hetero) is 1. The molecule has 5 amide bonds. The van der Waals surface area contributed by atoms with Crippen LogP contribution >= 0.6 is 0 Å². The lowest BCUT2D eigenvalue weighted by Gasteiger charge is -2.40. The number of aryl methyl sites for hydroxylation is 1. The maximum absolute atomic E-state index is 15.3. The summed E-state index contributed by atoms with van der Waals surface area (Å²) in [5.74, 6) is -3.82. The van der Waals surface area contributed by atoms with E-state index in [4.69, 9.17) is 10.5 Å². The van der Waals surface area contributed by atoms with Gasteiger partial charge in [0.25, 0.3) is 0 Å². The van der Waals surface area contributed by atoms with Crippen LogP contribution in [0.1, 0.15) is 75.2 Å². The average molecular weight is 792 g/mol. The van der Waals surface area contributed by atoms with Gasteiger partial charge in [-0.3, -0.25) is 19.2 Å². The molecule has 5 rings (SSSR count). The summed E-state index contributed by atoms with van der Waals surface area (Å²) in [5.41, 5.74) is 4.58. The minimum Gasteiger partial charge on any atom is -0.477 e. The van der Waals surface area contributed by atoms with Gasteiger partial charge in [-0.2, -0.15) is 0 Å². The van der Waals surface area contributed by atoms with Gasteiger partial charge in [0.15, 0.2) is 0 Å². The van der Waals surface area contributed by atoms with Crippen molar-refractivity contribution in [1.29, 1.82) is 0 Å². The van der Waals surface area contributed by atoms with Crippen molar-refractivity contribution in [3.05, 3.63) is 69.8 Å². The van der Waals surface area contributed by atoms with Crippen molar-refractivity contribution in [2.24, 2.45) is 17.1 Å². The first-order valence-electron chi connectivity index (χ1n) is 19.2. The summed E-state index contributed by atoms with van der Waals surface area (Å²) in [7, 11) is 0. The minimum atomic E-state index is -1.38. The lowest BCUT2D eigenvalue weighted by Crippen LogP contribution is -2.53. The summed E-state index contributed by atoms with van der Waals surface area (Å²) in [6.07, 6.45) is 2.83. The smallest absolute Gasteiger partial charge is 0.410 e. The number of aromatic carboxylic acids is 1. The molecule has 2 fully saturated rings. The minimum absolute atomic E-state index is 0.0240. The molecule has 306 valence electrons. The van der Waals surface area contributed by atoms with Gasteiger partial charge in [-0.1, -0.05) is 18.6 Å². The molecule has 1 aliphatic carbocycles. The quantitative estimate of drug-likeness (QED) is 0.104. The number of ketones is 1. The van der Waals surface area contributed by atoms with Gasteiger partial charge in [-0.05, 0) is 76.3 Å². The third-order valence-electron chi connectivity index (χ3n) is 10.6. The van der Waals surface area contributed by atoms with E-state index in [0.717, 1.165) is 12.5 Å². The van der Waals surface area contributed by atoms with E-state index < -0.39 is 52.1 Å². The average Bonchev–Trinajstić information content (AvgIpc) is 3.14. The van der Waals surface area contributed by atoms with Crippen molar-refractivity contribution in [3.63, 3.8) is 0 Å². The lowest BCUT2D eigenvalue weighted by molar-refractivity contribution is -0.150. The Morgan fingerprint density at radius 1 is 1.02 bits per heavy atom. The predicted molar refractivity (Wildman–Crippen MR) is 209 cm³/mol. The number of amides is 5. The van der Waals surface area contributed by atoms with Crippen molar-refractivity contribution in [3.8, 4) is 0 Å².